The van der Waals surface area contributed by atoms with Crippen LogP contribution in [0.15, 0.2) is 32.4 Å². The normalized spacial score (nSPS) is 10.9. The predicted molar refractivity (Wildman–Crippen MR) is 83.1 cm³/mol. The van der Waals surface area contributed by atoms with E-state index >= 15 is 0 Å². The minimum atomic E-state index is 0.234. The van der Waals surface area contributed by atoms with Gasteiger partial charge in [0.1, 0.15) is 5.75 Å². The molecule has 23 heavy (non-hydrogen) atoms. The molecule has 0 amide bonds. The lowest BCUT2D eigenvalue weighted by Crippen LogP contribution is -1.97. The van der Waals surface area contributed by atoms with Crippen molar-refractivity contribution in [2.45, 2.75) is 38.4 Å². The van der Waals surface area contributed by atoms with Crippen LogP contribution >= 0.6 is 11.8 Å². The second kappa shape index (κ2) is 6.82. The molecule has 0 aliphatic rings. The van der Waals surface area contributed by atoms with Gasteiger partial charge in [-0.3, -0.25) is 0 Å². The SMILES string of the molecule is Cc1ccc(C)c(OCc2nnc(SCc3nc(C)no3)o2)c1. The molecule has 0 N–H and O–H groups in total. The van der Waals surface area contributed by atoms with Gasteiger partial charge in [0.2, 0.25) is 5.89 Å². The molecule has 0 aliphatic heterocycles. The zero-order valence-electron chi connectivity index (χ0n) is 13.1. The van der Waals surface area contributed by atoms with Crippen LogP contribution in [0.1, 0.15) is 28.7 Å². The van der Waals surface area contributed by atoms with E-state index in [0.717, 1.165) is 16.9 Å². The number of thioether (sulfide) groups is 1. The number of rotatable bonds is 6. The summed E-state index contributed by atoms with van der Waals surface area (Å²) in [4.78, 5) is 4.11. The van der Waals surface area contributed by atoms with Gasteiger partial charge in [0.15, 0.2) is 12.4 Å². The lowest BCUT2D eigenvalue weighted by atomic mass is 10.1. The van der Waals surface area contributed by atoms with E-state index in [1.807, 2.05) is 32.0 Å². The number of nitrogens with zero attached hydrogens (tertiary/aromatic N) is 4. The van der Waals surface area contributed by atoms with Crippen LogP contribution in [0.5, 0.6) is 5.75 Å². The molecule has 1 aromatic carbocycles. The quantitative estimate of drug-likeness (QED) is 0.636. The third-order valence-electron chi connectivity index (χ3n) is 3.03. The molecule has 3 rings (SSSR count). The molecule has 7 nitrogen and oxygen atoms in total. The highest BCUT2D eigenvalue weighted by Crippen LogP contribution is 2.23. The van der Waals surface area contributed by atoms with E-state index in [0.29, 0.717) is 28.6 Å². The Kier molecular flexibility index (Phi) is 4.61. The summed E-state index contributed by atoms with van der Waals surface area (Å²) in [6.07, 6.45) is 0. The number of aromatic nitrogens is 4. The Morgan fingerprint density at radius 1 is 1.13 bits per heavy atom. The lowest BCUT2D eigenvalue weighted by molar-refractivity contribution is 0.250. The van der Waals surface area contributed by atoms with Gasteiger partial charge >= 0.3 is 0 Å². The summed E-state index contributed by atoms with van der Waals surface area (Å²) < 4.78 is 16.3. The van der Waals surface area contributed by atoms with Crippen molar-refractivity contribution in [2.75, 3.05) is 0 Å². The van der Waals surface area contributed by atoms with Gasteiger partial charge < -0.3 is 13.7 Å². The molecule has 0 spiro atoms. The minimum Gasteiger partial charge on any atom is -0.484 e. The summed E-state index contributed by atoms with van der Waals surface area (Å²) in [7, 11) is 0. The van der Waals surface area contributed by atoms with E-state index in [9.17, 15) is 0 Å². The molecule has 8 heteroatoms. The van der Waals surface area contributed by atoms with Crippen molar-refractivity contribution in [1.29, 1.82) is 0 Å². The van der Waals surface area contributed by atoms with Gasteiger partial charge in [-0.05, 0) is 38.0 Å². The number of hydrogen-bond acceptors (Lipinski definition) is 8. The van der Waals surface area contributed by atoms with Crippen molar-refractivity contribution in [1.82, 2.24) is 20.3 Å². The van der Waals surface area contributed by atoms with E-state index in [1.165, 1.54) is 11.8 Å². The van der Waals surface area contributed by atoms with Crippen LogP contribution in [-0.4, -0.2) is 20.3 Å². The highest BCUT2D eigenvalue weighted by atomic mass is 32.2. The van der Waals surface area contributed by atoms with Crippen LogP contribution in [-0.2, 0) is 12.4 Å². The van der Waals surface area contributed by atoms with E-state index in [-0.39, 0.29) is 6.61 Å². The molecular formula is C15H16N4O3S. The maximum absolute atomic E-state index is 5.74. The summed E-state index contributed by atoms with van der Waals surface area (Å²) in [5.41, 5.74) is 2.21. The number of ether oxygens (including phenoxy) is 1. The molecule has 0 saturated heterocycles. The fraction of sp³-hybridized carbons (Fsp3) is 0.333. The van der Waals surface area contributed by atoms with E-state index in [4.69, 9.17) is 13.7 Å². The van der Waals surface area contributed by atoms with E-state index in [2.05, 4.69) is 20.3 Å². The van der Waals surface area contributed by atoms with Gasteiger partial charge in [-0.1, -0.05) is 29.1 Å². The van der Waals surface area contributed by atoms with Crippen molar-refractivity contribution < 1.29 is 13.7 Å². The molecule has 0 bridgehead atoms. The Bertz CT molecular complexity index is 800. The molecule has 0 fully saturated rings. The second-order valence-electron chi connectivity index (χ2n) is 5.04. The summed E-state index contributed by atoms with van der Waals surface area (Å²) in [6, 6.07) is 6.05. The smallest absolute Gasteiger partial charge is 0.277 e. The van der Waals surface area contributed by atoms with Crippen molar-refractivity contribution in [3.05, 3.63) is 46.9 Å². The van der Waals surface area contributed by atoms with Crippen LogP contribution < -0.4 is 4.74 Å². The number of benzene rings is 1. The molecule has 3 aromatic rings. The first-order chi connectivity index (χ1) is 11.1. The van der Waals surface area contributed by atoms with Gasteiger partial charge in [0.05, 0.1) is 5.75 Å². The predicted octanol–water partition coefficient (Wildman–Crippen LogP) is 3.25. The molecule has 0 saturated carbocycles. The Morgan fingerprint density at radius 3 is 2.78 bits per heavy atom. The van der Waals surface area contributed by atoms with Crippen molar-refractivity contribution in [2.24, 2.45) is 0 Å². The number of aryl methyl sites for hydroxylation is 3. The Balaban J connectivity index is 1.55. The largest absolute Gasteiger partial charge is 0.484 e. The highest BCUT2D eigenvalue weighted by Gasteiger charge is 2.11. The van der Waals surface area contributed by atoms with Crippen molar-refractivity contribution in [3.63, 3.8) is 0 Å². The molecule has 0 unspecified atom stereocenters. The Morgan fingerprint density at radius 2 is 2.00 bits per heavy atom. The zero-order chi connectivity index (χ0) is 16.2. The van der Waals surface area contributed by atoms with Crippen LogP contribution in [0.25, 0.3) is 0 Å². The van der Waals surface area contributed by atoms with Gasteiger partial charge in [-0.25, -0.2) is 0 Å². The fourth-order valence-electron chi connectivity index (χ4n) is 1.88. The lowest BCUT2D eigenvalue weighted by Gasteiger charge is -2.07. The molecule has 0 aliphatic carbocycles. The maximum atomic E-state index is 5.74. The average molecular weight is 332 g/mol. The monoisotopic (exact) mass is 332 g/mol. The molecule has 2 aromatic heterocycles. The molecular weight excluding hydrogens is 316 g/mol. The first kappa shape index (κ1) is 15.5. The van der Waals surface area contributed by atoms with Crippen LogP contribution in [0.2, 0.25) is 0 Å². The molecule has 2 heterocycles. The van der Waals surface area contributed by atoms with Crippen molar-refractivity contribution in [3.8, 4) is 5.75 Å². The third-order valence-corrected chi connectivity index (χ3v) is 3.84. The summed E-state index contributed by atoms with van der Waals surface area (Å²) >= 11 is 1.34. The third kappa shape index (κ3) is 4.10. The molecule has 120 valence electrons. The highest BCUT2D eigenvalue weighted by molar-refractivity contribution is 7.98. The van der Waals surface area contributed by atoms with Crippen LogP contribution in [0.4, 0.5) is 0 Å². The summed E-state index contributed by atoms with van der Waals surface area (Å²) in [5, 5.41) is 12.1. The van der Waals surface area contributed by atoms with Gasteiger partial charge in [-0.15, -0.1) is 10.2 Å². The van der Waals surface area contributed by atoms with E-state index < -0.39 is 0 Å². The maximum Gasteiger partial charge on any atom is 0.277 e. The first-order valence-electron chi connectivity index (χ1n) is 7.04. The van der Waals surface area contributed by atoms with Crippen LogP contribution in [0.3, 0.4) is 0 Å². The van der Waals surface area contributed by atoms with Crippen molar-refractivity contribution >= 4 is 11.8 Å². The Labute approximate surface area is 137 Å². The van der Waals surface area contributed by atoms with Crippen LogP contribution in [0, 0.1) is 20.8 Å². The zero-order valence-corrected chi connectivity index (χ0v) is 13.9. The van der Waals surface area contributed by atoms with Gasteiger partial charge in [0, 0.05) is 0 Å². The first-order valence-corrected chi connectivity index (χ1v) is 8.03. The average Bonchev–Trinajstić information content (AvgIpc) is 3.15. The Hall–Kier alpha value is -2.35. The van der Waals surface area contributed by atoms with E-state index in [1.54, 1.807) is 6.92 Å². The standard InChI is InChI=1S/C15H16N4O3S/c1-9-4-5-10(2)12(6-9)20-7-13-17-18-15(21-13)23-8-14-16-11(3)19-22-14/h4-6H,7-8H2,1-3H3. The summed E-state index contributed by atoms with van der Waals surface area (Å²) in [6.45, 7) is 6.02. The summed E-state index contributed by atoms with van der Waals surface area (Å²) in [5.74, 6) is 2.86. The van der Waals surface area contributed by atoms with Gasteiger partial charge in [0.25, 0.3) is 11.1 Å². The topological polar surface area (TPSA) is 87.1 Å². The minimum absolute atomic E-state index is 0.234. The van der Waals surface area contributed by atoms with Gasteiger partial charge in [-0.2, -0.15) is 4.98 Å². The molecule has 0 atom stereocenters. The second-order valence-corrected chi connectivity index (χ2v) is 5.97. The number of hydrogen-bond donors (Lipinski definition) is 0. The fourth-order valence-corrected chi connectivity index (χ4v) is 2.50. The molecule has 0 radical (unpaired) electrons.